The van der Waals surface area contributed by atoms with Crippen LogP contribution in [-0.4, -0.2) is 96.7 Å². The molecule has 105 heavy (non-hydrogen) atoms. The van der Waals surface area contributed by atoms with Gasteiger partial charge in [0.25, 0.3) is 0 Å². The van der Waals surface area contributed by atoms with Crippen molar-refractivity contribution >= 4 is 39.5 Å². The van der Waals surface area contributed by atoms with E-state index in [1.807, 2.05) is 0 Å². The van der Waals surface area contributed by atoms with E-state index in [0.29, 0.717) is 25.7 Å². The van der Waals surface area contributed by atoms with Gasteiger partial charge in [-0.1, -0.05) is 402 Å². The van der Waals surface area contributed by atoms with Gasteiger partial charge in [-0.25, -0.2) is 9.13 Å². The average molecular weight is 1540 g/mol. The summed E-state index contributed by atoms with van der Waals surface area (Å²) in [5.74, 6) is 0.266. The van der Waals surface area contributed by atoms with Crippen LogP contribution in [0.25, 0.3) is 0 Å². The topological polar surface area (TPSA) is 237 Å². The molecule has 624 valence electrons. The van der Waals surface area contributed by atoms with Crippen LogP contribution in [0.4, 0.5) is 0 Å². The van der Waals surface area contributed by atoms with Crippen LogP contribution in [0.3, 0.4) is 0 Å². The molecule has 0 saturated carbocycles. The number of unbranched alkanes of at least 4 members (excludes halogenated alkanes) is 51. The highest BCUT2D eigenvalue weighted by molar-refractivity contribution is 7.47. The van der Waals surface area contributed by atoms with Crippen molar-refractivity contribution in [3.63, 3.8) is 0 Å². The van der Waals surface area contributed by atoms with Crippen molar-refractivity contribution in [1.29, 1.82) is 0 Å². The molecule has 0 saturated heterocycles. The molecule has 0 aliphatic rings. The third kappa shape index (κ3) is 78.5. The number of rotatable bonds is 84. The molecule has 19 heteroatoms. The zero-order valence-electron chi connectivity index (χ0n) is 69.2. The number of aliphatic hydroxyl groups excluding tert-OH is 1. The van der Waals surface area contributed by atoms with Gasteiger partial charge in [0.05, 0.1) is 26.4 Å². The maximum Gasteiger partial charge on any atom is 0.472 e. The zero-order valence-corrected chi connectivity index (χ0v) is 71.0. The Morgan fingerprint density at radius 1 is 0.276 bits per heavy atom. The van der Waals surface area contributed by atoms with Crippen molar-refractivity contribution in [1.82, 2.24) is 0 Å². The van der Waals surface area contributed by atoms with E-state index in [-0.39, 0.29) is 25.7 Å². The lowest BCUT2D eigenvalue weighted by atomic mass is 9.99. The summed E-state index contributed by atoms with van der Waals surface area (Å²) in [5.41, 5.74) is 0. The molecule has 17 nitrogen and oxygen atoms in total. The van der Waals surface area contributed by atoms with Crippen LogP contribution in [0.2, 0.25) is 0 Å². The van der Waals surface area contributed by atoms with Crippen LogP contribution in [0.1, 0.15) is 453 Å². The third-order valence-electron chi connectivity index (χ3n) is 20.5. The van der Waals surface area contributed by atoms with Crippen LogP contribution in [-0.2, 0) is 65.4 Å². The maximum absolute atomic E-state index is 13.2. The van der Waals surface area contributed by atoms with Gasteiger partial charge in [0, 0.05) is 25.7 Å². The predicted molar refractivity (Wildman–Crippen MR) is 432 cm³/mol. The molecule has 0 radical (unpaired) electrons. The molecule has 3 N–H and O–H groups in total. The van der Waals surface area contributed by atoms with E-state index in [9.17, 15) is 43.2 Å². The molecule has 0 fully saturated rings. The molecule has 0 aromatic carbocycles. The molecule has 0 rings (SSSR count). The highest BCUT2D eigenvalue weighted by atomic mass is 31.2. The smallest absolute Gasteiger partial charge is 0.462 e. The number of hydrogen-bond acceptors (Lipinski definition) is 15. The van der Waals surface area contributed by atoms with Crippen LogP contribution in [0, 0.1) is 17.8 Å². The van der Waals surface area contributed by atoms with Crippen molar-refractivity contribution in [2.45, 2.75) is 471 Å². The van der Waals surface area contributed by atoms with Crippen molar-refractivity contribution < 1.29 is 80.2 Å². The number of carbonyl (C=O) groups is 4. The average Bonchev–Trinajstić information content (AvgIpc) is 0.929. The van der Waals surface area contributed by atoms with E-state index in [1.165, 1.54) is 263 Å². The number of phosphoric acid groups is 2. The van der Waals surface area contributed by atoms with E-state index in [2.05, 4.69) is 48.5 Å². The number of hydrogen-bond donors (Lipinski definition) is 3. The summed E-state index contributed by atoms with van der Waals surface area (Å²) in [6.07, 6.45) is 66.6. The van der Waals surface area contributed by atoms with E-state index in [1.54, 1.807) is 0 Å². The van der Waals surface area contributed by atoms with Crippen LogP contribution in [0.15, 0.2) is 0 Å². The minimum atomic E-state index is -4.97. The normalized spacial score (nSPS) is 14.1. The first kappa shape index (κ1) is 103. The van der Waals surface area contributed by atoms with Crippen molar-refractivity contribution in [3.8, 4) is 0 Å². The lowest BCUT2D eigenvalue weighted by Crippen LogP contribution is -2.30. The number of esters is 4. The molecule has 0 aliphatic heterocycles. The predicted octanol–water partition coefficient (Wildman–Crippen LogP) is 26.1. The molecular weight excluding hydrogens is 1370 g/mol. The van der Waals surface area contributed by atoms with E-state index in [4.69, 9.17) is 37.0 Å². The quantitative estimate of drug-likeness (QED) is 0.0222. The van der Waals surface area contributed by atoms with Gasteiger partial charge in [0.2, 0.25) is 0 Å². The molecule has 3 unspecified atom stereocenters. The van der Waals surface area contributed by atoms with Gasteiger partial charge in [0.1, 0.15) is 19.3 Å². The van der Waals surface area contributed by atoms with Crippen molar-refractivity contribution in [2.75, 3.05) is 39.6 Å². The van der Waals surface area contributed by atoms with Gasteiger partial charge in [-0.15, -0.1) is 0 Å². The van der Waals surface area contributed by atoms with E-state index in [0.717, 1.165) is 108 Å². The molecule has 0 aromatic rings. The standard InChI is InChI=1S/C86H168O17P2/c1-8-10-11-12-13-14-15-16-17-18-19-20-21-22-27-33-40-48-55-62-69-85(90)102-81(73-96-83(88)67-60-53-46-39-32-26-24-23-25-31-38-45-52-59-66-79(7)9-2)75-100-104(92,93)98-71-80(87)72-99-105(94,95)101-76-82(74-97-84(89)68-61-54-47-42-35-37-44-51-58-65-78(5)6)103-86(91)70-63-56-49-41-34-29-28-30-36-43-50-57-64-77(3)4/h77-82,87H,8-76H2,1-7H3,(H,92,93)(H,94,95)/t79?,80-,81-,82-/m1/s1. The second-order valence-electron chi connectivity index (χ2n) is 32.1. The van der Waals surface area contributed by atoms with Gasteiger partial charge in [-0.3, -0.25) is 37.3 Å². The second kappa shape index (κ2) is 76.1. The van der Waals surface area contributed by atoms with Crippen LogP contribution < -0.4 is 0 Å². The SMILES string of the molecule is CCCCCCCCCCCCCCCCCCCCCCC(=O)O[C@H](COC(=O)CCCCCCCCCCCCCCCCC(C)CC)COP(=O)(O)OC[C@@H](O)COP(=O)(O)OC[C@@H](COC(=O)CCCCCCCCCCCC(C)C)OC(=O)CCCCCCCCCCCCCCC(C)C. The number of carbonyl (C=O) groups excluding carboxylic acids is 4. The Morgan fingerprint density at radius 3 is 0.724 bits per heavy atom. The summed E-state index contributed by atoms with van der Waals surface area (Å²) in [4.78, 5) is 73.3. The molecule has 0 heterocycles. The fourth-order valence-corrected chi connectivity index (χ4v) is 14.9. The van der Waals surface area contributed by atoms with Gasteiger partial charge in [-0.05, 0) is 43.4 Å². The molecule has 0 aliphatic carbocycles. The molecule has 6 atom stereocenters. The first-order chi connectivity index (χ1) is 50.8. The molecule has 0 aromatic heterocycles. The summed E-state index contributed by atoms with van der Waals surface area (Å²) in [5, 5.41) is 10.7. The minimum absolute atomic E-state index is 0.107. The first-order valence-corrected chi connectivity index (χ1v) is 47.4. The lowest BCUT2D eigenvalue weighted by Gasteiger charge is -2.21. The number of aliphatic hydroxyl groups is 1. The van der Waals surface area contributed by atoms with Crippen LogP contribution >= 0.6 is 15.6 Å². The van der Waals surface area contributed by atoms with E-state index < -0.39 is 97.5 Å². The summed E-state index contributed by atoms with van der Waals surface area (Å²) in [6, 6.07) is 0. The maximum atomic E-state index is 13.2. The van der Waals surface area contributed by atoms with E-state index >= 15 is 0 Å². The second-order valence-corrected chi connectivity index (χ2v) is 35.0. The molecule has 0 spiro atoms. The fraction of sp³-hybridized carbons (Fsp3) is 0.953. The Kier molecular flexibility index (Phi) is 74.7. The van der Waals surface area contributed by atoms with Crippen molar-refractivity contribution in [3.05, 3.63) is 0 Å². The van der Waals surface area contributed by atoms with Gasteiger partial charge >= 0.3 is 39.5 Å². The Bertz CT molecular complexity index is 2030. The monoisotopic (exact) mass is 1540 g/mol. The van der Waals surface area contributed by atoms with Gasteiger partial charge < -0.3 is 33.8 Å². The summed E-state index contributed by atoms with van der Waals surface area (Å²) >= 11 is 0. The van der Waals surface area contributed by atoms with Crippen LogP contribution in [0.5, 0.6) is 0 Å². The van der Waals surface area contributed by atoms with Gasteiger partial charge in [-0.2, -0.15) is 0 Å². The summed E-state index contributed by atoms with van der Waals surface area (Å²) in [7, 11) is -9.93. The fourth-order valence-electron chi connectivity index (χ4n) is 13.3. The Labute approximate surface area is 645 Å². The minimum Gasteiger partial charge on any atom is -0.462 e. The first-order valence-electron chi connectivity index (χ1n) is 44.4. The summed E-state index contributed by atoms with van der Waals surface area (Å²) < 4.78 is 68.9. The molecule has 0 bridgehead atoms. The number of ether oxygens (including phenoxy) is 4. The molecular formula is C86H168O17P2. The van der Waals surface area contributed by atoms with Crippen molar-refractivity contribution in [2.24, 2.45) is 17.8 Å². The van der Waals surface area contributed by atoms with Gasteiger partial charge in [0.15, 0.2) is 12.2 Å². The highest BCUT2D eigenvalue weighted by Crippen LogP contribution is 2.45. The summed E-state index contributed by atoms with van der Waals surface area (Å²) in [6.45, 7) is 12.0. The lowest BCUT2D eigenvalue weighted by molar-refractivity contribution is -0.161. The number of phosphoric ester groups is 2. The molecule has 0 amide bonds. The Hall–Kier alpha value is -1.94. The largest absolute Gasteiger partial charge is 0.472 e. The highest BCUT2D eigenvalue weighted by Gasteiger charge is 2.30. The Balaban J connectivity index is 5.26. The Morgan fingerprint density at radius 2 is 0.486 bits per heavy atom. The third-order valence-corrected chi connectivity index (χ3v) is 22.4. The zero-order chi connectivity index (χ0) is 77.2.